The fraction of sp³-hybridized carbons (Fsp3) is 0.125. The van der Waals surface area contributed by atoms with Gasteiger partial charge < -0.3 is 15.2 Å². The maximum absolute atomic E-state index is 10.5. The summed E-state index contributed by atoms with van der Waals surface area (Å²) in [7, 11) is -4.31. The van der Waals surface area contributed by atoms with E-state index < -0.39 is 15.9 Å². The zero-order valence-corrected chi connectivity index (χ0v) is 8.82. The van der Waals surface area contributed by atoms with Crippen LogP contribution >= 0.6 is 0 Å². The molecule has 0 spiro atoms. The number of benzene rings is 1. The topological polar surface area (TPSA) is 120 Å². The summed E-state index contributed by atoms with van der Waals surface area (Å²) in [5.74, 6) is -0.635. The quantitative estimate of drug-likeness (QED) is 0.778. The Bertz CT molecular complexity index is 561. The number of quaternary nitrogens is 1. The normalized spacial score (nSPS) is 11.3. The Balaban J connectivity index is 0.00000112. The summed E-state index contributed by atoms with van der Waals surface area (Å²) in [4.78, 5) is 0. The summed E-state index contributed by atoms with van der Waals surface area (Å²) in [6.45, 7) is 0. The van der Waals surface area contributed by atoms with Crippen molar-refractivity contribution in [3.05, 3.63) is 30.0 Å². The monoisotopic (exact) mass is 230 g/mol. The van der Waals surface area contributed by atoms with E-state index >= 15 is 0 Å². The van der Waals surface area contributed by atoms with Crippen LogP contribution in [0.3, 0.4) is 0 Å². The minimum atomic E-state index is -4.31. The lowest BCUT2D eigenvalue weighted by Crippen LogP contribution is -2.02. The van der Waals surface area contributed by atoms with Gasteiger partial charge >= 0.3 is 0 Å². The first-order valence-electron chi connectivity index (χ1n) is 3.83. The molecule has 15 heavy (non-hydrogen) atoms. The third-order valence-electron chi connectivity index (χ3n) is 1.77. The van der Waals surface area contributed by atoms with E-state index in [1.807, 2.05) is 0 Å². The fourth-order valence-corrected chi connectivity index (χ4v) is 1.75. The van der Waals surface area contributed by atoms with Crippen molar-refractivity contribution in [1.82, 2.24) is 11.3 Å². The standard InChI is InChI=1S/C8H7NO4S.H3N/c10-14(11,12)5-7-6-3-1-2-4-8(6)13-9-7;/h1-4H,5H2,(H,10,11,12);1H3. The van der Waals surface area contributed by atoms with Gasteiger partial charge in [0.1, 0.15) is 15.8 Å². The first-order valence-corrected chi connectivity index (χ1v) is 5.41. The Hall–Kier alpha value is -1.44. The molecule has 0 atom stereocenters. The highest BCUT2D eigenvalue weighted by Gasteiger charge is 2.09. The predicted octanol–water partition coefficient (Wildman–Crippen LogP) is 1.25. The molecule has 0 saturated carbocycles. The molecule has 0 aliphatic rings. The number of hydrogen-bond acceptors (Lipinski definition) is 5. The molecular formula is C8H10N2O4S. The summed E-state index contributed by atoms with van der Waals surface area (Å²) in [6.07, 6.45) is 0. The van der Waals surface area contributed by atoms with Crippen LogP contribution in [0.2, 0.25) is 0 Å². The molecule has 6 nitrogen and oxygen atoms in total. The van der Waals surface area contributed by atoms with Crippen LogP contribution in [0.1, 0.15) is 5.69 Å². The highest BCUT2D eigenvalue weighted by molar-refractivity contribution is 7.84. The molecular weight excluding hydrogens is 220 g/mol. The Morgan fingerprint density at radius 2 is 2.00 bits per heavy atom. The first kappa shape index (κ1) is 11.6. The van der Waals surface area contributed by atoms with Gasteiger partial charge in [-0.25, -0.2) is 8.42 Å². The van der Waals surface area contributed by atoms with Crippen LogP contribution in [0.15, 0.2) is 28.8 Å². The van der Waals surface area contributed by atoms with Crippen LogP contribution in [-0.2, 0) is 15.9 Å². The molecule has 0 aliphatic heterocycles. The number of rotatable bonds is 2. The smallest absolute Gasteiger partial charge is 0.167 e. The second kappa shape index (κ2) is 3.97. The summed E-state index contributed by atoms with van der Waals surface area (Å²) in [5.41, 5.74) is 0.641. The van der Waals surface area contributed by atoms with Crippen LogP contribution in [0, 0.1) is 0 Å². The molecule has 4 N–H and O–H groups in total. The van der Waals surface area contributed by atoms with E-state index in [9.17, 15) is 13.0 Å². The second-order valence-corrected chi connectivity index (χ2v) is 4.23. The molecule has 0 aliphatic carbocycles. The zero-order chi connectivity index (χ0) is 10.2. The van der Waals surface area contributed by atoms with Crippen molar-refractivity contribution in [3.63, 3.8) is 0 Å². The molecule has 7 heteroatoms. The molecule has 0 fully saturated rings. The van der Waals surface area contributed by atoms with Crippen molar-refractivity contribution >= 4 is 21.1 Å². The minimum Gasteiger partial charge on any atom is -0.748 e. The number of para-hydroxylation sites is 1. The molecule has 1 heterocycles. The van der Waals surface area contributed by atoms with Crippen LogP contribution in [-0.4, -0.2) is 18.1 Å². The van der Waals surface area contributed by atoms with E-state index in [0.717, 1.165) is 0 Å². The van der Waals surface area contributed by atoms with Gasteiger partial charge in [0, 0.05) is 5.39 Å². The van der Waals surface area contributed by atoms with E-state index in [1.54, 1.807) is 24.3 Å². The Labute approximate surface area is 86.2 Å². The van der Waals surface area contributed by atoms with Gasteiger partial charge in [-0.2, -0.15) is 0 Å². The zero-order valence-electron chi connectivity index (χ0n) is 8.00. The lowest BCUT2D eigenvalue weighted by atomic mass is 10.2. The van der Waals surface area contributed by atoms with Crippen LogP contribution < -0.4 is 6.15 Å². The molecule has 82 valence electrons. The number of fused-ring (bicyclic) bond motifs is 1. The summed E-state index contributed by atoms with van der Waals surface area (Å²) < 4.78 is 36.4. The van der Waals surface area contributed by atoms with Gasteiger partial charge in [0.25, 0.3) is 0 Å². The Morgan fingerprint density at radius 3 is 2.67 bits per heavy atom. The van der Waals surface area contributed by atoms with Crippen LogP contribution in [0.5, 0.6) is 0 Å². The fourth-order valence-electron chi connectivity index (χ4n) is 1.21. The van der Waals surface area contributed by atoms with Gasteiger partial charge in [-0.05, 0) is 12.1 Å². The van der Waals surface area contributed by atoms with Crippen molar-refractivity contribution in [2.75, 3.05) is 0 Å². The lowest BCUT2D eigenvalue weighted by molar-refractivity contribution is 0.439. The maximum Gasteiger partial charge on any atom is 0.167 e. The van der Waals surface area contributed by atoms with Crippen molar-refractivity contribution < 1.29 is 17.5 Å². The maximum atomic E-state index is 10.5. The Kier molecular flexibility index (Phi) is 3.08. The molecule has 2 rings (SSSR count). The highest BCUT2D eigenvalue weighted by atomic mass is 32.2. The van der Waals surface area contributed by atoms with Crippen LogP contribution in [0.25, 0.3) is 11.0 Å². The molecule has 0 bridgehead atoms. The van der Waals surface area contributed by atoms with E-state index in [2.05, 4.69) is 5.16 Å². The summed E-state index contributed by atoms with van der Waals surface area (Å²) >= 11 is 0. The lowest BCUT2D eigenvalue weighted by Gasteiger charge is -2.02. The molecule has 0 amide bonds. The van der Waals surface area contributed by atoms with E-state index in [4.69, 9.17) is 4.52 Å². The van der Waals surface area contributed by atoms with E-state index in [-0.39, 0.29) is 11.8 Å². The number of hydrogen-bond donors (Lipinski definition) is 1. The number of aromatic nitrogens is 1. The third kappa shape index (κ3) is 2.52. The second-order valence-electron chi connectivity index (χ2n) is 2.83. The van der Waals surface area contributed by atoms with Gasteiger partial charge in [-0.3, -0.25) is 0 Å². The summed E-state index contributed by atoms with van der Waals surface area (Å²) in [6, 6.07) is 6.78. The molecule has 1 aromatic carbocycles. The van der Waals surface area contributed by atoms with E-state index in [1.165, 1.54) is 0 Å². The van der Waals surface area contributed by atoms with Gasteiger partial charge in [0.05, 0.1) is 5.75 Å². The summed E-state index contributed by atoms with van der Waals surface area (Å²) in [5, 5.41) is 4.09. The van der Waals surface area contributed by atoms with E-state index in [0.29, 0.717) is 11.0 Å². The van der Waals surface area contributed by atoms with Crippen molar-refractivity contribution in [1.29, 1.82) is 0 Å². The van der Waals surface area contributed by atoms with Gasteiger partial charge in [-0.1, -0.05) is 17.3 Å². The third-order valence-corrected chi connectivity index (χ3v) is 2.39. The van der Waals surface area contributed by atoms with Crippen LogP contribution in [0.4, 0.5) is 0 Å². The molecule has 1 aromatic heterocycles. The SMILES string of the molecule is O=S(=O)([O-])Cc1noc2ccccc12.[NH4+]. The van der Waals surface area contributed by atoms with Gasteiger partial charge in [-0.15, -0.1) is 0 Å². The first-order chi connectivity index (χ1) is 6.56. The van der Waals surface area contributed by atoms with Gasteiger partial charge in [0.2, 0.25) is 0 Å². The van der Waals surface area contributed by atoms with Crippen molar-refractivity contribution in [3.8, 4) is 0 Å². The number of nitrogens with zero attached hydrogens (tertiary/aromatic N) is 1. The Morgan fingerprint density at radius 1 is 1.33 bits per heavy atom. The minimum absolute atomic E-state index is 0. The van der Waals surface area contributed by atoms with Crippen molar-refractivity contribution in [2.24, 2.45) is 0 Å². The molecule has 2 aromatic rings. The highest BCUT2D eigenvalue weighted by Crippen LogP contribution is 2.18. The molecule has 0 unspecified atom stereocenters. The van der Waals surface area contributed by atoms with Crippen molar-refractivity contribution in [2.45, 2.75) is 5.75 Å². The average Bonchev–Trinajstić information content (AvgIpc) is 2.47. The van der Waals surface area contributed by atoms with Gasteiger partial charge in [0.15, 0.2) is 5.58 Å². The largest absolute Gasteiger partial charge is 0.748 e. The molecule has 0 radical (unpaired) electrons. The predicted molar refractivity (Wildman–Crippen MR) is 53.4 cm³/mol. The average molecular weight is 230 g/mol. The molecule has 0 saturated heterocycles.